The van der Waals surface area contributed by atoms with Crippen molar-refractivity contribution in [2.45, 2.75) is 18.9 Å². The second-order valence-corrected chi connectivity index (χ2v) is 7.08. The van der Waals surface area contributed by atoms with E-state index in [0.717, 1.165) is 43.1 Å². The number of methoxy groups -OCH3 is 3. The van der Waals surface area contributed by atoms with Gasteiger partial charge in [-0.2, -0.15) is 0 Å². The van der Waals surface area contributed by atoms with Gasteiger partial charge in [-0.3, -0.25) is 4.79 Å². The lowest BCUT2D eigenvalue weighted by Crippen LogP contribution is -2.28. The van der Waals surface area contributed by atoms with Gasteiger partial charge in [0.1, 0.15) is 28.5 Å². The zero-order valence-corrected chi connectivity index (χ0v) is 17.3. The molecule has 1 aliphatic rings. The molecule has 1 fully saturated rings. The Hall–Kier alpha value is -3.26. The number of benzene rings is 2. The van der Waals surface area contributed by atoms with Gasteiger partial charge in [-0.05, 0) is 25.0 Å². The zero-order chi connectivity index (χ0) is 21.1. The van der Waals surface area contributed by atoms with E-state index >= 15 is 0 Å². The summed E-state index contributed by atoms with van der Waals surface area (Å²) in [5.74, 6) is 2.17. The largest absolute Gasteiger partial charge is 0.497 e. The highest BCUT2D eigenvalue weighted by Crippen LogP contribution is 2.33. The number of hydrogen-bond acceptors (Lipinski definition) is 7. The van der Waals surface area contributed by atoms with Crippen molar-refractivity contribution in [3.8, 4) is 28.6 Å². The zero-order valence-electron chi connectivity index (χ0n) is 17.3. The molecule has 8 heteroatoms. The number of aromatic amines is 1. The number of anilines is 1. The molecule has 1 aliphatic heterocycles. The Morgan fingerprint density at radius 3 is 2.50 bits per heavy atom. The third kappa shape index (κ3) is 3.91. The van der Waals surface area contributed by atoms with Crippen molar-refractivity contribution < 1.29 is 18.9 Å². The molecule has 30 heavy (non-hydrogen) atoms. The van der Waals surface area contributed by atoms with Crippen LogP contribution >= 0.6 is 0 Å². The molecule has 2 heterocycles. The van der Waals surface area contributed by atoms with Crippen LogP contribution in [0.15, 0.2) is 35.1 Å². The molecule has 2 N–H and O–H groups in total. The second kappa shape index (κ2) is 8.62. The molecule has 3 aromatic rings. The van der Waals surface area contributed by atoms with E-state index in [4.69, 9.17) is 23.9 Å². The van der Waals surface area contributed by atoms with Gasteiger partial charge in [0.2, 0.25) is 0 Å². The number of nitrogens with one attached hydrogen (secondary N) is 2. The lowest BCUT2D eigenvalue weighted by atomic mass is 10.1. The average Bonchev–Trinajstić information content (AvgIpc) is 2.78. The Kier molecular flexibility index (Phi) is 5.76. The fourth-order valence-corrected chi connectivity index (χ4v) is 3.66. The molecule has 0 radical (unpaired) electrons. The van der Waals surface area contributed by atoms with Gasteiger partial charge in [-0.15, -0.1) is 0 Å². The van der Waals surface area contributed by atoms with E-state index in [0.29, 0.717) is 28.2 Å². The molecule has 8 nitrogen and oxygen atoms in total. The van der Waals surface area contributed by atoms with Crippen LogP contribution in [0.4, 0.5) is 5.69 Å². The van der Waals surface area contributed by atoms with E-state index in [1.807, 2.05) is 18.2 Å². The van der Waals surface area contributed by atoms with Crippen molar-refractivity contribution >= 4 is 16.6 Å². The fraction of sp³-hybridized carbons (Fsp3) is 0.364. The van der Waals surface area contributed by atoms with E-state index in [-0.39, 0.29) is 11.6 Å². The maximum Gasteiger partial charge on any atom is 0.262 e. The first-order valence-corrected chi connectivity index (χ1v) is 9.81. The first kappa shape index (κ1) is 20.0. The summed E-state index contributed by atoms with van der Waals surface area (Å²) >= 11 is 0. The highest BCUT2D eigenvalue weighted by Gasteiger charge is 2.19. The van der Waals surface area contributed by atoms with Crippen LogP contribution in [-0.2, 0) is 4.74 Å². The van der Waals surface area contributed by atoms with Gasteiger partial charge in [0.05, 0.1) is 26.8 Å². The topological polar surface area (TPSA) is 94.7 Å². The van der Waals surface area contributed by atoms with Crippen LogP contribution in [0.5, 0.6) is 17.2 Å². The summed E-state index contributed by atoms with van der Waals surface area (Å²) in [6.45, 7) is 1.45. The molecule has 0 aliphatic carbocycles. The maximum absolute atomic E-state index is 12.9. The molecule has 0 unspecified atom stereocenters. The van der Waals surface area contributed by atoms with Gasteiger partial charge >= 0.3 is 0 Å². The van der Waals surface area contributed by atoms with Gasteiger partial charge in [0.25, 0.3) is 5.56 Å². The van der Waals surface area contributed by atoms with Crippen molar-refractivity contribution in [1.29, 1.82) is 0 Å². The number of ether oxygens (including phenoxy) is 4. The summed E-state index contributed by atoms with van der Waals surface area (Å²) in [7, 11) is 4.71. The minimum Gasteiger partial charge on any atom is -0.497 e. The number of aromatic nitrogens is 2. The molecular weight excluding hydrogens is 386 g/mol. The minimum atomic E-state index is -0.276. The maximum atomic E-state index is 12.9. The summed E-state index contributed by atoms with van der Waals surface area (Å²) in [5, 5.41) is 3.95. The van der Waals surface area contributed by atoms with Crippen molar-refractivity contribution in [3.05, 3.63) is 40.7 Å². The van der Waals surface area contributed by atoms with Crippen LogP contribution in [0.1, 0.15) is 12.8 Å². The van der Waals surface area contributed by atoms with Gasteiger partial charge in [0, 0.05) is 48.7 Å². The van der Waals surface area contributed by atoms with Gasteiger partial charge < -0.3 is 29.2 Å². The second-order valence-electron chi connectivity index (χ2n) is 7.08. The van der Waals surface area contributed by atoms with Gasteiger partial charge in [0.15, 0.2) is 0 Å². The van der Waals surface area contributed by atoms with Crippen molar-refractivity contribution in [2.24, 2.45) is 0 Å². The highest BCUT2D eigenvalue weighted by molar-refractivity contribution is 5.88. The molecule has 0 bridgehead atoms. The molecule has 0 spiro atoms. The smallest absolute Gasteiger partial charge is 0.262 e. The predicted octanol–water partition coefficient (Wildman–Crippen LogP) is 3.21. The average molecular weight is 411 g/mol. The van der Waals surface area contributed by atoms with E-state index in [1.54, 1.807) is 26.4 Å². The Morgan fingerprint density at radius 1 is 1.03 bits per heavy atom. The SMILES string of the molecule is COc1ccc(-c2nc3cc(OC)cc(OC)c3c(=O)[nH]2)c(NC2CCOCC2)c1. The quantitative estimate of drug-likeness (QED) is 0.643. The standard InChI is InChI=1S/C22H25N3O5/c1-27-14-4-5-16(17(10-14)23-13-6-8-30-9-7-13)21-24-18-11-15(28-2)12-19(29-3)20(18)22(26)25-21/h4-5,10-13,23H,6-9H2,1-3H3,(H,24,25,26). The normalized spacial score (nSPS) is 14.5. The van der Waals surface area contributed by atoms with Crippen LogP contribution in [0, 0.1) is 0 Å². The minimum absolute atomic E-state index is 0.275. The van der Waals surface area contributed by atoms with Gasteiger partial charge in [-0.25, -0.2) is 4.98 Å². The number of nitrogens with zero attached hydrogens (tertiary/aromatic N) is 1. The van der Waals surface area contributed by atoms with Gasteiger partial charge in [-0.1, -0.05) is 0 Å². The fourth-order valence-electron chi connectivity index (χ4n) is 3.66. The highest BCUT2D eigenvalue weighted by atomic mass is 16.5. The lowest BCUT2D eigenvalue weighted by Gasteiger charge is -2.25. The molecule has 0 atom stereocenters. The monoisotopic (exact) mass is 411 g/mol. The molecule has 0 amide bonds. The van der Waals surface area contributed by atoms with Crippen molar-refractivity contribution in [2.75, 3.05) is 39.9 Å². The Labute approximate surface area is 174 Å². The first-order valence-electron chi connectivity index (χ1n) is 9.81. The molecule has 2 aromatic carbocycles. The van der Waals surface area contributed by atoms with E-state index in [1.165, 1.54) is 7.11 Å². The third-order valence-corrected chi connectivity index (χ3v) is 5.26. The van der Waals surface area contributed by atoms with Crippen LogP contribution < -0.4 is 25.1 Å². The van der Waals surface area contributed by atoms with E-state index in [2.05, 4.69) is 10.3 Å². The number of fused-ring (bicyclic) bond motifs is 1. The Bertz CT molecular complexity index is 1110. The third-order valence-electron chi connectivity index (χ3n) is 5.26. The number of rotatable bonds is 6. The summed E-state index contributed by atoms with van der Waals surface area (Å²) in [4.78, 5) is 20.5. The first-order chi connectivity index (χ1) is 14.6. The molecule has 1 saturated heterocycles. The number of H-pyrrole nitrogens is 1. The van der Waals surface area contributed by atoms with Crippen LogP contribution in [0.3, 0.4) is 0 Å². The van der Waals surface area contributed by atoms with Crippen molar-refractivity contribution in [1.82, 2.24) is 9.97 Å². The van der Waals surface area contributed by atoms with Crippen LogP contribution in [-0.4, -0.2) is 50.6 Å². The van der Waals surface area contributed by atoms with E-state index in [9.17, 15) is 4.79 Å². The summed E-state index contributed by atoms with van der Waals surface area (Å²) < 4.78 is 21.6. The van der Waals surface area contributed by atoms with E-state index < -0.39 is 0 Å². The molecule has 0 saturated carbocycles. The summed E-state index contributed by atoms with van der Waals surface area (Å²) in [6, 6.07) is 9.33. The van der Waals surface area contributed by atoms with Crippen LogP contribution in [0.25, 0.3) is 22.3 Å². The predicted molar refractivity (Wildman–Crippen MR) is 115 cm³/mol. The summed E-state index contributed by atoms with van der Waals surface area (Å²) in [5.41, 5.74) is 1.85. The summed E-state index contributed by atoms with van der Waals surface area (Å²) in [6.07, 6.45) is 1.82. The lowest BCUT2D eigenvalue weighted by molar-refractivity contribution is 0.0904. The molecular formula is C22H25N3O5. The Morgan fingerprint density at radius 2 is 1.80 bits per heavy atom. The number of hydrogen-bond donors (Lipinski definition) is 2. The van der Waals surface area contributed by atoms with Crippen molar-refractivity contribution in [3.63, 3.8) is 0 Å². The molecule has 1 aromatic heterocycles. The Balaban J connectivity index is 1.83. The van der Waals surface area contributed by atoms with Crippen LogP contribution in [0.2, 0.25) is 0 Å². The molecule has 158 valence electrons. The molecule has 4 rings (SSSR count).